The van der Waals surface area contributed by atoms with E-state index < -0.39 is 0 Å². The molecule has 0 spiro atoms. The second-order valence-electron chi connectivity index (χ2n) is 6.02. The molecule has 7 heteroatoms. The van der Waals surface area contributed by atoms with Crippen molar-refractivity contribution in [3.63, 3.8) is 0 Å². The first-order chi connectivity index (χ1) is 11.1. The number of rotatable bonds is 4. The molecule has 2 unspecified atom stereocenters. The van der Waals surface area contributed by atoms with Crippen molar-refractivity contribution >= 4 is 5.91 Å². The maximum absolute atomic E-state index is 12.6. The number of benzene rings is 1. The van der Waals surface area contributed by atoms with E-state index in [-0.39, 0.29) is 24.5 Å². The molecule has 2 N–H and O–H groups in total. The number of carbonyl (C=O) groups is 1. The number of nitrogens with zero attached hydrogens (tertiary/aromatic N) is 5. The predicted octanol–water partition coefficient (Wildman–Crippen LogP) is 1.07. The fourth-order valence-electron chi connectivity index (χ4n) is 3.04. The van der Waals surface area contributed by atoms with Crippen LogP contribution in [0.2, 0.25) is 0 Å². The molecule has 1 aliphatic heterocycles. The lowest BCUT2D eigenvalue weighted by Crippen LogP contribution is -2.52. The smallest absolute Gasteiger partial charge is 0.246 e. The number of hydrogen-bond acceptors (Lipinski definition) is 5. The fourth-order valence-corrected chi connectivity index (χ4v) is 3.04. The van der Waals surface area contributed by atoms with Gasteiger partial charge in [0.05, 0.1) is 0 Å². The van der Waals surface area contributed by atoms with Gasteiger partial charge in [-0.25, -0.2) is 0 Å². The van der Waals surface area contributed by atoms with E-state index in [1.807, 2.05) is 42.2 Å². The van der Waals surface area contributed by atoms with Crippen molar-refractivity contribution in [1.29, 1.82) is 0 Å². The number of piperidine rings is 1. The van der Waals surface area contributed by atoms with E-state index in [2.05, 4.69) is 15.4 Å². The average Bonchev–Trinajstić information content (AvgIpc) is 3.04. The number of likely N-dealkylation sites (tertiary alicyclic amines) is 1. The summed E-state index contributed by atoms with van der Waals surface area (Å²) < 4.78 is 0. The summed E-state index contributed by atoms with van der Waals surface area (Å²) >= 11 is 0. The van der Waals surface area contributed by atoms with Crippen molar-refractivity contribution in [1.82, 2.24) is 25.1 Å². The molecular formula is C16H22N6O. The minimum absolute atomic E-state index is 0.00371. The zero-order valence-corrected chi connectivity index (χ0v) is 13.3. The lowest BCUT2D eigenvalue weighted by atomic mass is 9.97. The van der Waals surface area contributed by atoms with Crippen molar-refractivity contribution in [3.05, 3.63) is 30.3 Å². The summed E-state index contributed by atoms with van der Waals surface area (Å²) in [6.07, 6.45) is 3.11. The zero-order valence-electron chi connectivity index (χ0n) is 13.3. The minimum atomic E-state index is -0.0252. The highest BCUT2D eigenvalue weighted by molar-refractivity contribution is 5.76. The maximum atomic E-state index is 12.6. The van der Waals surface area contributed by atoms with Crippen molar-refractivity contribution in [3.8, 4) is 11.4 Å². The Labute approximate surface area is 135 Å². The van der Waals surface area contributed by atoms with Crippen LogP contribution in [0.1, 0.15) is 26.2 Å². The van der Waals surface area contributed by atoms with Gasteiger partial charge in [0.25, 0.3) is 0 Å². The van der Waals surface area contributed by atoms with Crippen LogP contribution < -0.4 is 5.73 Å². The largest absolute Gasteiger partial charge is 0.337 e. The van der Waals surface area contributed by atoms with E-state index in [1.165, 1.54) is 4.80 Å². The van der Waals surface area contributed by atoms with Crippen LogP contribution in [0.25, 0.3) is 11.4 Å². The molecule has 0 saturated carbocycles. The first-order valence-corrected chi connectivity index (χ1v) is 8.03. The first-order valence-electron chi connectivity index (χ1n) is 8.03. The number of tetrazole rings is 1. The topological polar surface area (TPSA) is 89.9 Å². The Kier molecular flexibility index (Phi) is 4.66. The maximum Gasteiger partial charge on any atom is 0.246 e. The second-order valence-corrected chi connectivity index (χ2v) is 6.02. The monoisotopic (exact) mass is 314 g/mol. The van der Waals surface area contributed by atoms with Gasteiger partial charge in [0, 0.05) is 24.2 Å². The van der Waals surface area contributed by atoms with E-state index in [4.69, 9.17) is 5.73 Å². The summed E-state index contributed by atoms with van der Waals surface area (Å²) in [5, 5.41) is 12.3. The number of hydrogen-bond donors (Lipinski definition) is 1. The van der Waals surface area contributed by atoms with Gasteiger partial charge in [-0.2, -0.15) is 4.80 Å². The standard InChI is InChI=1S/C16H22N6O/c1-12(17)14-9-5-6-10-21(14)15(23)11-22-19-16(18-20-22)13-7-3-2-4-8-13/h2-4,7-8,12,14H,5-6,9-11,17H2,1H3. The molecule has 0 aliphatic carbocycles. The van der Waals surface area contributed by atoms with E-state index >= 15 is 0 Å². The SMILES string of the molecule is CC(N)C1CCCCN1C(=O)Cn1nnc(-c2ccccc2)n1. The molecule has 3 rings (SSSR count). The summed E-state index contributed by atoms with van der Waals surface area (Å²) in [7, 11) is 0. The van der Waals surface area contributed by atoms with Crippen LogP contribution in [-0.2, 0) is 11.3 Å². The van der Waals surface area contributed by atoms with Crippen molar-refractivity contribution < 1.29 is 4.79 Å². The molecule has 23 heavy (non-hydrogen) atoms. The van der Waals surface area contributed by atoms with Crippen molar-refractivity contribution in [2.24, 2.45) is 5.73 Å². The molecule has 122 valence electrons. The van der Waals surface area contributed by atoms with E-state index in [0.29, 0.717) is 5.82 Å². The molecule has 1 fully saturated rings. The summed E-state index contributed by atoms with van der Waals surface area (Å²) in [5.41, 5.74) is 6.91. The van der Waals surface area contributed by atoms with Crippen LogP contribution in [-0.4, -0.2) is 49.6 Å². The Morgan fingerprint density at radius 1 is 1.35 bits per heavy atom. The van der Waals surface area contributed by atoms with E-state index in [9.17, 15) is 4.79 Å². The number of aromatic nitrogens is 4. The lowest BCUT2D eigenvalue weighted by Gasteiger charge is -2.37. The summed E-state index contributed by atoms with van der Waals surface area (Å²) in [5.74, 6) is 0.532. The molecule has 0 radical (unpaired) electrons. The zero-order chi connectivity index (χ0) is 16.2. The highest BCUT2D eigenvalue weighted by Gasteiger charge is 2.29. The number of amides is 1. The molecule has 7 nitrogen and oxygen atoms in total. The van der Waals surface area contributed by atoms with Crippen molar-refractivity contribution in [2.75, 3.05) is 6.54 Å². The van der Waals surface area contributed by atoms with Gasteiger partial charge in [-0.05, 0) is 31.4 Å². The number of nitrogens with two attached hydrogens (primary N) is 1. The van der Waals surface area contributed by atoms with Crippen LogP contribution in [0.15, 0.2) is 30.3 Å². The Morgan fingerprint density at radius 2 is 2.13 bits per heavy atom. The summed E-state index contributed by atoms with van der Waals surface area (Å²) in [6.45, 7) is 2.81. The molecule has 1 aromatic carbocycles. The third-order valence-electron chi connectivity index (χ3n) is 4.24. The van der Waals surface area contributed by atoms with Gasteiger partial charge in [-0.1, -0.05) is 30.3 Å². The van der Waals surface area contributed by atoms with E-state index in [0.717, 1.165) is 31.4 Å². The number of carbonyl (C=O) groups excluding carboxylic acids is 1. The highest BCUT2D eigenvalue weighted by atomic mass is 16.2. The van der Waals surface area contributed by atoms with Gasteiger partial charge < -0.3 is 10.6 Å². The van der Waals surface area contributed by atoms with Gasteiger partial charge in [0.15, 0.2) is 0 Å². The Balaban J connectivity index is 1.69. The van der Waals surface area contributed by atoms with Crippen LogP contribution in [0.3, 0.4) is 0 Å². The molecule has 2 atom stereocenters. The van der Waals surface area contributed by atoms with Gasteiger partial charge in [-0.15, -0.1) is 10.2 Å². The average molecular weight is 314 g/mol. The highest BCUT2D eigenvalue weighted by Crippen LogP contribution is 2.19. The summed E-state index contributed by atoms with van der Waals surface area (Å²) in [4.78, 5) is 15.8. The third kappa shape index (κ3) is 3.56. The molecule has 2 heterocycles. The van der Waals surface area contributed by atoms with Crippen LogP contribution in [0.4, 0.5) is 0 Å². The van der Waals surface area contributed by atoms with Gasteiger partial charge in [0.1, 0.15) is 6.54 Å². The Bertz CT molecular complexity index is 654. The van der Waals surface area contributed by atoms with Gasteiger partial charge in [-0.3, -0.25) is 4.79 Å². The lowest BCUT2D eigenvalue weighted by molar-refractivity contribution is -0.136. The molecular weight excluding hydrogens is 292 g/mol. The van der Waals surface area contributed by atoms with Crippen LogP contribution in [0.5, 0.6) is 0 Å². The fraction of sp³-hybridized carbons (Fsp3) is 0.500. The molecule has 1 aromatic heterocycles. The van der Waals surface area contributed by atoms with Crippen LogP contribution in [0, 0.1) is 0 Å². The predicted molar refractivity (Wildman–Crippen MR) is 86.3 cm³/mol. The second kappa shape index (κ2) is 6.87. The van der Waals surface area contributed by atoms with Gasteiger partial charge in [0.2, 0.25) is 11.7 Å². The summed E-state index contributed by atoms with van der Waals surface area (Å²) in [6, 6.07) is 9.68. The molecule has 1 saturated heterocycles. The molecule has 1 aliphatic rings. The third-order valence-corrected chi connectivity index (χ3v) is 4.24. The van der Waals surface area contributed by atoms with Crippen LogP contribution >= 0.6 is 0 Å². The molecule has 0 bridgehead atoms. The van der Waals surface area contributed by atoms with Gasteiger partial charge >= 0.3 is 0 Å². The quantitative estimate of drug-likeness (QED) is 0.911. The Hall–Kier alpha value is -2.28. The minimum Gasteiger partial charge on any atom is -0.337 e. The Morgan fingerprint density at radius 3 is 2.87 bits per heavy atom. The first kappa shape index (κ1) is 15.6. The van der Waals surface area contributed by atoms with Crippen molar-refractivity contribution in [2.45, 2.75) is 44.8 Å². The molecule has 1 amide bonds. The van der Waals surface area contributed by atoms with E-state index in [1.54, 1.807) is 0 Å². The molecule has 2 aromatic rings. The normalized spacial score (nSPS) is 19.6.